The summed E-state index contributed by atoms with van der Waals surface area (Å²) in [7, 11) is 3.85. The van der Waals surface area contributed by atoms with Crippen LogP contribution in [0, 0.1) is 0 Å². The summed E-state index contributed by atoms with van der Waals surface area (Å²) < 4.78 is 0. The second kappa shape index (κ2) is 7.56. The molecule has 4 rings (SSSR count). The van der Waals surface area contributed by atoms with Crippen LogP contribution in [0.2, 0.25) is 0 Å². The number of carbonyl (C=O) groups excluding carboxylic acids is 2. The first-order valence-corrected chi connectivity index (χ1v) is 9.60. The van der Waals surface area contributed by atoms with E-state index in [9.17, 15) is 9.59 Å². The molecule has 0 fully saturated rings. The van der Waals surface area contributed by atoms with Gasteiger partial charge in [0.15, 0.2) is 0 Å². The molecule has 3 aromatic carbocycles. The van der Waals surface area contributed by atoms with Gasteiger partial charge in [-0.15, -0.1) is 0 Å². The third-order valence-electron chi connectivity index (χ3n) is 5.18. The van der Waals surface area contributed by atoms with Gasteiger partial charge in [-0.2, -0.15) is 0 Å². The lowest BCUT2D eigenvalue weighted by Gasteiger charge is -2.28. The Morgan fingerprint density at radius 1 is 0.966 bits per heavy atom. The molecule has 0 aliphatic carbocycles. The molecule has 29 heavy (non-hydrogen) atoms. The zero-order valence-electron chi connectivity index (χ0n) is 16.6. The number of hydrogen-bond acceptors (Lipinski definition) is 5. The molecule has 0 saturated carbocycles. The van der Waals surface area contributed by atoms with E-state index in [-0.39, 0.29) is 11.8 Å². The second-order valence-electron chi connectivity index (χ2n) is 7.59. The molecule has 1 heterocycles. The van der Waals surface area contributed by atoms with E-state index in [4.69, 9.17) is 5.73 Å². The number of anilines is 2. The molecular formula is C23H24N4O2. The van der Waals surface area contributed by atoms with E-state index in [1.807, 2.05) is 67.5 Å². The highest BCUT2D eigenvalue weighted by atomic mass is 16.2. The van der Waals surface area contributed by atoms with Crippen LogP contribution in [-0.2, 0) is 6.54 Å². The van der Waals surface area contributed by atoms with Crippen molar-refractivity contribution in [3.63, 3.8) is 0 Å². The highest BCUT2D eigenvalue weighted by Crippen LogP contribution is 2.33. The number of imide groups is 1. The Labute approximate surface area is 169 Å². The molecule has 2 amide bonds. The molecule has 0 unspecified atom stereocenters. The van der Waals surface area contributed by atoms with E-state index in [1.165, 1.54) is 4.90 Å². The second-order valence-corrected chi connectivity index (χ2v) is 7.59. The van der Waals surface area contributed by atoms with Gasteiger partial charge < -0.3 is 16.0 Å². The van der Waals surface area contributed by atoms with Crippen LogP contribution in [-0.4, -0.2) is 48.8 Å². The number of likely N-dealkylation sites (N-methyl/N-ethyl adjacent to an activating group) is 1. The van der Waals surface area contributed by atoms with Gasteiger partial charge in [-0.3, -0.25) is 14.5 Å². The van der Waals surface area contributed by atoms with Crippen molar-refractivity contribution in [3.05, 3.63) is 71.3 Å². The summed E-state index contributed by atoms with van der Waals surface area (Å²) >= 11 is 0. The van der Waals surface area contributed by atoms with Crippen LogP contribution in [0.3, 0.4) is 0 Å². The molecule has 1 aliphatic rings. The Bertz CT molecular complexity index is 1090. The fourth-order valence-corrected chi connectivity index (χ4v) is 3.60. The number of nitrogens with one attached hydrogen (secondary N) is 1. The minimum absolute atomic E-state index is 0.225. The summed E-state index contributed by atoms with van der Waals surface area (Å²) in [6.45, 7) is 1.60. The van der Waals surface area contributed by atoms with Gasteiger partial charge in [-0.05, 0) is 55.4 Å². The van der Waals surface area contributed by atoms with Crippen LogP contribution < -0.4 is 11.1 Å². The van der Waals surface area contributed by atoms with Crippen molar-refractivity contribution in [3.8, 4) is 0 Å². The smallest absolute Gasteiger partial charge is 0.261 e. The number of amides is 2. The first-order chi connectivity index (χ1) is 13.9. The van der Waals surface area contributed by atoms with Crippen LogP contribution in [0.5, 0.6) is 0 Å². The zero-order valence-corrected chi connectivity index (χ0v) is 16.6. The number of carbonyl (C=O) groups is 2. The van der Waals surface area contributed by atoms with Gasteiger partial charge in [0.05, 0.1) is 5.56 Å². The predicted octanol–water partition coefficient (Wildman–Crippen LogP) is 3.19. The number of nitrogen functional groups attached to an aromatic ring is 1. The minimum atomic E-state index is -0.239. The lowest BCUT2D eigenvalue weighted by atomic mass is 9.93. The molecule has 0 spiro atoms. The number of benzene rings is 3. The molecule has 0 aromatic heterocycles. The Hall–Kier alpha value is -3.38. The first kappa shape index (κ1) is 19.0. The normalized spacial score (nSPS) is 13.4. The van der Waals surface area contributed by atoms with E-state index < -0.39 is 0 Å². The molecular weight excluding hydrogens is 364 g/mol. The molecule has 0 saturated heterocycles. The maximum Gasteiger partial charge on any atom is 0.261 e. The summed E-state index contributed by atoms with van der Waals surface area (Å²) in [4.78, 5) is 29.4. The van der Waals surface area contributed by atoms with Gasteiger partial charge in [-0.1, -0.05) is 24.3 Å². The van der Waals surface area contributed by atoms with E-state index in [0.717, 1.165) is 27.7 Å². The van der Waals surface area contributed by atoms with Gasteiger partial charge in [0, 0.05) is 42.0 Å². The van der Waals surface area contributed by atoms with Gasteiger partial charge >= 0.3 is 0 Å². The van der Waals surface area contributed by atoms with E-state index >= 15 is 0 Å². The number of rotatable bonds is 6. The summed E-state index contributed by atoms with van der Waals surface area (Å²) in [6, 6.07) is 17.1. The van der Waals surface area contributed by atoms with Gasteiger partial charge in [0.25, 0.3) is 11.8 Å². The van der Waals surface area contributed by atoms with E-state index in [0.29, 0.717) is 30.8 Å². The molecule has 3 N–H and O–H groups in total. The summed E-state index contributed by atoms with van der Waals surface area (Å²) in [5, 5.41) is 5.00. The molecule has 0 bridgehead atoms. The van der Waals surface area contributed by atoms with E-state index in [2.05, 4.69) is 5.32 Å². The number of hydrogen-bond donors (Lipinski definition) is 2. The Kier molecular flexibility index (Phi) is 4.94. The Morgan fingerprint density at radius 2 is 1.69 bits per heavy atom. The molecule has 3 aromatic rings. The number of nitrogens with two attached hydrogens (primary N) is 1. The van der Waals surface area contributed by atoms with Crippen LogP contribution in [0.1, 0.15) is 26.3 Å². The third-order valence-corrected chi connectivity index (χ3v) is 5.18. The minimum Gasteiger partial charge on any atom is -0.399 e. The Balaban J connectivity index is 1.68. The molecule has 6 nitrogen and oxygen atoms in total. The van der Waals surface area contributed by atoms with Crippen LogP contribution in [0.15, 0.2) is 54.6 Å². The zero-order chi connectivity index (χ0) is 20.5. The number of nitrogens with zero attached hydrogens (tertiary/aromatic N) is 2. The van der Waals surface area contributed by atoms with Crippen molar-refractivity contribution >= 4 is 34.0 Å². The highest BCUT2D eigenvalue weighted by Gasteiger charge is 2.32. The summed E-state index contributed by atoms with van der Waals surface area (Å²) in [5.41, 5.74) is 9.56. The lowest BCUT2D eigenvalue weighted by Crippen LogP contribution is -2.43. The lowest BCUT2D eigenvalue weighted by molar-refractivity contribution is 0.0601. The van der Waals surface area contributed by atoms with Crippen molar-refractivity contribution in [2.75, 3.05) is 38.2 Å². The molecule has 0 atom stereocenters. The van der Waals surface area contributed by atoms with Gasteiger partial charge in [-0.25, -0.2) is 0 Å². The SMILES string of the molecule is CN(C)CCN1C(=O)c2cccc3cc(NCc4ccc(N)cc4)cc(c23)C1=O. The average Bonchev–Trinajstić information content (AvgIpc) is 2.71. The van der Waals surface area contributed by atoms with Crippen LogP contribution in [0.4, 0.5) is 11.4 Å². The summed E-state index contributed by atoms with van der Waals surface area (Å²) in [6.07, 6.45) is 0. The topological polar surface area (TPSA) is 78.7 Å². The third kappa shape index (κ3) is 3.67. The fraction of sp³-hybridized carbons (Fsp3) is 0.217. The maximum absolute atomic E-state index is 13.1. The van der Waals surface area contributed by atoms with E-state index in [1.54, 1.807) is 6.07 Å². The molecule has 1 aliphatic heterocycles. The Morgan fingerprint density at radius 3 is 2.41 bits per heavy atom. The fourth-order valence-electron chi connectivity index (χ4n) is 3.60. The molecule has 148 valence electrons. The van der Waals surface area contributed by atoms with Crippen LogP contribution in [0.25, 0.3) is 10.8 Å². The van der Waals surface area contributed by atoms with Gasteiger partial charge in [0.2, 0.25) is 0 Å². The van der Waals surface area contributed by atoms with Crippen molar-refractivity contribution in [1.29, 1.82) is 0 Å². The monoisotopic (exact) mass is 388 g/mol. The van der Waals surface area contributed by atoms with Crippen molar-refractivity contribution < 1.29 is 9.59 Å². The van der Waals surface area contributed by atoms with Crippen molar-refractivity contribution in [2.45, 2.75) is 6.54 Å². The molecule has 6 heteroatoms. The highest BCUT2D eigenvalue weighted by molar-refractivity contribution is 6.25. The molecule has 0 radical (unpaired) electrons. The standard InChI is InChI=1S/C23H24N4O2/c1-26(2)10-11-27-22(28)19-5-3-4-16-12-18(13-20(21(16)19)23(27)29)25-14-15-6-8-17(24)9-7-15/h3-9,12-13,25H,10-11,14,24H2,1-2H3. The van der Waals surface area contributed by atoms with Crippen molar-refractivity contribution in [1.82, 2.24) is 9.80 Å². The summed E-state index contributed by atoms with van der Waals surface area (Å²) in [5.74, 6) is -0.464. The first-order valence-electron chi connectivity index (χ1n) is 9.60. The predicted molar refractivity (Wildman–Crippen MR) is 116 cm³/mol. The van der Waals surface area contributed by atoms with Crippen molar-refractivity contribution in [2.24, 2.45) is 0 Å². The largest absolute Gasteiger partial charge is 0.399 e. The quantitative estimate of drug-likeness (QED) is 0.501. The van der Waals surface area contributed by atoms with Crippen LogP contribution >= 0.6 is 0 Å². The maximum atomic E-state index is 13.1. The average molecular weight is 388 g/mol. The van der Waals surface area contributed by atoms with Gasteiger partial charge in [0.1, 0.15) is 0 Å².